The first kappa shape index (κ1) is 10.3. The molecule has 0 rings (SSSR count). The average molecular weight is 178 g/mol. The molecule has 0 bridgehead atoms. The van der Waals surface area contributed by atoms with Crippen LogP contribution in [0.4, 0.5) is 26.3 Å². The average Bonchev–Trinajstić information content (AvgIpc) is 1.56. The SMILES string of the molecule is C=CC(C(F)(F)F)C(F)(F)F. The molecule has 0 saturated carbocycles. The Bertz CT molecular complexity index is 126. The van der Waals surface area contributed by atoms with Gasteiger partial charge in [-0.25, -0.2) is 0 Å². The second-order valence-electron chi connectivity index (χ2n) is 1.80. The van der Waals surface area contributed by atoms with Crippen LogP contribution in [0.1, 0.15) is 0 Å². The van der Waals surface area contributed by atoms with Crippen molar-refractivity contribution in [3.8, 4) is 0 Å². The summed E-state index contributed by atoms with van der Waals surface area (Å²) in [5.41, 5.74) is 0. The molecule has 0 heterocycles. The van der Waals surface area contributed by atoms with Crippen LogP contribution in [-0.2, 0) is 0 Å². The molecule has 0 radical (unpaired) electrons. The molecular weight excluding hydrogens is 174 g/mol. The summed E-state index contributed by atoms with van der Waals surface area (Å²) in [5, 5.41) is 0. The van der Waals surface area contributed by atoms with E-state index in [9.17, 15) is 26.3 Å². The molecule has 0 saturated heterocycles. The van der Waals surface area contributed by atoms with Gasteiger partial charge in [-0.05, 0) is 0 Å². The monoisotopic (exact) mass is 178 g/mol. The van der Waals surface area contributed by atoms with Gasteiger partial charge in [-0.1, -0.05) is 6.08 Å². The number of hydrogen-bond acceptors (Lipinski definition) is 0. The molecule has 0 spiro atoms. The van der Waals surface area contributed by atoms with E-state index in [1.54, 1.807) is 0 Å². The minimum atomic E-state index is -5.29. The van der Waals surface area contributed by atoms with Gasteiger partial charge in [0.1, 0.15) is 0 Å². The zero-order valence-corrected chi connectivity index (χ0v) is 5.13. The molecule has 0 aliphatic rings. The Labute approximate surface area is 58.5 Å². The Morgan fingerprint density at radius 3 is 1.18 bits per heavy atom. The summed E-state index contributed by atoms with van der Waals surface area (Å²) in [5.74, 6) is -3.42. The minimum absolute atomic E-state index is 0.167. The molecule has 0 aromatic rings. The fourth-order valence-corrected chi connectivity index (χ4v) is 0.453. The molecule has 0 amide bonds. The van der Waals surface area contributed by atoms with Crippen LogP contribution in [0.2, 0.25) is 0 Å². The first-order chi connectivity index (χ1) is 4.69. The lowest BCUT2D eigenvalue weighted by atomic mass is 10.1. The molecule has 0 aliphatic carbocycles. The zero-order valence-electron chi connectivity index (χ0n) is 5.13. The topological polar surface area (TPSA) is 0 Å². The molecule has 0 N–H and O–H groups in total. The summed E-state index contributed by atoms with van der Waals surface area (Å²) >= 11 is 0. The van der Waals surface area contributed by atoms with E-state index >= 15 is 0 Å². The van der Waals surface area contributed by atoms with Crippen LogP contribution >= 0.6 is 0 Å². The van der Waals surface area contributed by atoms with Crippen molar-refractivity contribution < 1.29 is 26.3 Å². The van der Waals surface area contributed by atoms with Gasteiger partial charge in [0, 0.05) is 0 Å². The van der Waals surface area contributed by atoms with Crippen LogP contribution in [0, 0.1) is 5.92 Å². The van der Waals surface area contributed by atoms with Gasteiger partial charge in [-0.15, -0.1) is 6.58 Å². The molecule has 6 heteroatoms. The van der Waals surface area contributed by atoms with Crippen molar-refractivity contribution in [2.75, 3.05) is 0 Å². The Kier molecular flexibility index (Phi) is 2.58. The molecule has 66 valence electrons. The molecule has 11 heavy (non-hydrogen) atoms. The van der Waals surface area contributed by atoms with Crippen molar-refractivity contribution in [3.63, 3.8) is 0 Å². The highest BCUT2D eigenvalue weighted by molar-refractivity contribution is 4.89. The molecule has 0 atom stereocenters. The number of halogens is 6. The van der Waals surface area contributed by atoms with E-state index in [1.165, 1.54) is 0 Å². The summed E-state index contributed by atoms with van der Waals surface area (Å²) in [6.07, 6.45) is -10.8. The van der Waals surface area contributed by atoms with Gasteiger partial charge in [0.15, 0.2) is 5.92 Å². The first-order valence-electron chi connectivity index (χ1n) is 2.45. The molecule has 0 fully saturated rings. The van der Waals surface area contributed by atoms with Crippen molar-refractivity contribution in [1.82, 2.24) is 0 Å². The number of allylic oxidation sites excluding steroid dienone is 1. The summed E-state index contributed by atoms with van der Waals surface area (Å²) in [6, 6.07) is 0. The fourth-order valence-electron chi connectivity index (χ4n) is 0.453. The first-order valence-corrected chi connectivity index (χ1v) is 2.45. The van der Waals surface area contributed by atoms with Gasteiger partial charge < -0.3 is 0 Å². The van der Waals surface area contributed by atoms with E-state index in [-0.39, 0.29) is 6.08 Å². The largest absolute Gasteiger partial charge is 0.403 e. The van der Waals surface area contributed by atoms with Crippen LogP contribution in [0.15, 0.2) is 12.7 Å². The van der Waals surface area contributed by atoms with Gasteiger partial charge in [0.05, 0.1) is 0 Å². The van der Waals surface area contributed by atoms with Gasteiger partial charge in [-0.2, -0.15) is 26.3 Å². The second kappa shape index (κ2) is 2.75. The Morgan fingerprint density at radius 1 is 0.909 bits per heavy atom. The molecule has 0 unspecified atom stereocenters. The predicted molar refractivity (Wildman–Crippen MR) is 25.8 cm³/mol. The maximum Gasteiger partial charge on any atom is 0.403 e. The summed E-state index contributed by atoms with van der Waals surface area (Å²) in [4.78, 5) is 0. The zero-order chi connectivity index (χ0) is 9.28. The van der Waals surface area contributed by atoms with Crippen LogP contribution in [0.5, 0.6) is 0 Å². The van der Waals surface area contributed by atoms with Crippen LogP contribution < -0.4 is 0 Å². The van der Waals surface area contributed by atoms with Crippen LogP contribution in [0.25, 0.3) is 0 Å². The molecule has 0 nitrogen and oxygen atoms in total. The Hall–Kier alpha value is -0.680. The maximum absolute atomic E-state index is 11.4. The van der Waals surface area contributed by atoms with E-state index in [0.717, 1.165) is 0 Å². The van der Waals surface area contributed by atoms with E-state index in [0.29, 0.717) is 0 Å². The van der Waals surface area contributed by atoms with E-state index < -0.39 is 18.3 Å². The summed E-state index contributed by atoms with van der Waals surface area (Å²) in [7, 11) is 0. The number of rotatable bonds is 1. The van der Waals surface area contributed by atoms with Crippen LogP contribution in [-0.4, -0.2) is 12.4 Å². The predicted octanol–water partition coefficient (Wildman–Crippen LogP) is 2.91. The van der Waals surface area contributed by atoms with Crippen molar-refractivity contribution in [1.29, 1.82) is 0 Å². The van der Waals surface area contributed by atoms with Gasteiger partial charge in [0.2, 0.25) is 0 Å². The van der Waals surface area contributed by atoms with E-state index in [2.05, 4.69) is 6.58 Å². The van der Waals surface area contributed by atoms with Crippen molar-refractivity contribution in [2.24, 2.45) is 5.92 Å². The third-order valence-corrected chi connectivity index (χ3v) is 0.941. The standard InChI is InChI=1S/C5H4F6/c1-2-3(4(6,7)8)5(9,10)11/h2-3H,1H2. The maximum atomic E-state index is 11.4. The quantitative estimate of drug-likeness (QED) is 0.427. The molecule has 0 aromatic carbocycles. The van der Waals surface area contributed by atoms with Crippen molar-refractivity contribution in [2.45, 2.75) is 12.4 Å². The number of alkyl halides is 6. The lowest BCUT2D eigenvalue weighted by Crippen LogP contribution is -2.34. The van der Waals surface area contributed by atoms with E-state index in [1.807, 2.05) is 0 Å². The third-order valence-electron chi connectivity index (χ3n) is 0.941. The lowest BCUT2D eigenvalue weighted by Gasteiger charge is -2.18. The summed E-state index contributed by atoms with van der Waals surface area (Å²) in [6.45, 7) is 2.45. The highest BCUT2D eigenvalue weighted by atomic mass is 19.4. The second-order valence-corrected chi connectivity index (χ2v) is 1.80. The molecule has 0 aliphatic heterocycles. The lowest BCUT2D eigenvalue weighted by molar-refractivity contribution is -0.267. The summed E-state index contributed by atoms with van der Waals surface area (Å²) < 4.78 is 68.6. The van der Waals surface area contributed by atoms with Crippen LogP contribution in [0.3, 0.4) is 0 Å². The highest BCUT2D eigenvalue weighted by Gasteiger charge is 2.54. The van der Waals surface area contributed by atoms with E-state index in [4.69, 9.17) is 0 Å². The Morgan fingerprint density at radius 2 is 1.18 bits per heavy atom. The van der Waals surface area contributed by atoms with Gasteiger partial charge >= 0.3 is 12.4 Å². The fraction of sp³-hybridized carbons (Fsp3) is 0.600. The molecular formula is C5H4F6. The smallest absolute Gasteiger partial charge is 0.170 e. The highest BCUT2D eigenvalue weighted by Crippen LogP contribution is 2.39. The van der Waals surface area contributed by atoms with Crippen molar-refractivity contribution in [3.05, 3.63) is 12.7 Å². The van der Waals surface area contributed by atoms with Gasteiger partial charge in [0.25, 0.3) is 0 Å². The number of hydrogen-bond donors (Lipinski definition) is 0. The normalized spacial score (nSPS) is 13.7. The molecule has 0 aromatic heterocycles. The minimum Gasteiger partial charge on any atom is -0.170 e. The third kappa shape index (κ3) is 2.81. The van der Waals surface area contributed by atoms with Gasteiger partial charge in [-0.3, -0.25) is 0 Å². The Balaban J connectivity index is 4.56. The van der Waals surface area contributed by atoms with Crippen molar-refractivity contribution >= 4 is 0 Å².